The van der Waals surface area contributed by atoms with Crippen LogP contribution in [0.1, 0.15) is 12.5 Å². The second-order valence-electron chi connectivity index (χ2n) is 4.70. The average molecular weight is 349 g/mol. The molecule has 0 aliphatic rings. The molecule has 23 heavy (non-hydrogen) atoms. The Balaban J connectivity index is 1.93. The van der Waals surface area contributed by atoms with Crippen LogP contribution in [0.25, 0.3) is 0 Å². The molecule has 122 valence electrons. The number of benzene rings is 1. The van der Waals surface area contributed by atoms with Crippen molar-refractivity contribution in [2.24, 2.45) is 0 Å². The number of nitrogens with zero attached hydrogens (tertiary/aromatic N) is 3. The third-order valence-electron chi connectivity index (χ3n) is 2.92. The molecule has 2 rings (SSSR count). The number of nitrogens with two attached hydrogens (primary N) is 1. The number of nitrogens with one attached hydrogen (secondary N) is 1. The molecule has 0 bridgehead atoms. The van der Waals surface area contributed by atoms with Gasteiger partial charge in [-0.3, -0.25) is 4.79 Å². The minimum atomic E-state index is -0.312. The summed E-state index contributed by atoms with van der Waals surface area (Å²) in [5, 5.41) is 11.7. The molecule has 3 N–H and O–H groups in total. The zero-order valence-electron chi connectivity index (χ0n) is 12.8. The molecular weight excluding hydrogens is 330 g/mol. The second kappa shape index (κ2) is 8.64. The van der Waals surface area contributed by atoms with Gasteiger partial charge in [0.05, 0.1) is 5.25 Å². The van der Waals surface area contributed by atoms with E-state index in [4.69, 9.17) is 5.84 Å². The quantitative estimate of drug-likeness (QED) is 0.431. The molecule has 0 saturated heterocycles. The zero-order valence-corrected chi connectivity index (χ0v) is 14.4. The van der Waals surface area contributed by atoms with Gasteiger partial charge in [0.1, 0.15) is 0 Å². The Morgan fingerprint density at radius 2 is 2.09 bits per heavy atom. The molecule has 6 nitrogen and oxygen atoms in total. The van der Waals surface area contributed by atoms with Crippen LogP contribution < -0.4 is 11.2 Å². The number of carbonyl (C=O) groups excluding carboxylic acids is 1. The third kappa shape index (κ3) is 5.04. The molecule has 0 aliphatic heterocycles. The summed E-state index contributed by atoms with van der Waals surface area (Å²) < 4.78 is 1.43. The number of rotatable bonds is 8. The molecular formula is C15H19N5OS2. The van der Waals surface area contributed by atoms with Crippen molar-refractivity contribution in [1.82, 2.24) is 20.2 Å². The minimum absolute atomic E-state index is 0.0867. The van der Waals surface area contributed by atoms with Crippen molar-refractivity contribution < 1.29 is 4.79 Å². The Labute approximate surface area is 143 Å². The van der Waals surface area contributed by atoms with Crippen molar-refractivity contribution in [1.29, 1.82) is 0 Å². The van der Waals surface area contributed by atoms with Crippen LogP contribution in [0, 0.1) is 0 Å². The lowest BCUT2D eigenvalue weighted by atomic mass is 10.2. The van der Waals surface area contributed by atoms with E-state index in [2.05, 4.69) is 22.1 Å². The van der Waals surface area contributed by atoms with Crippen molar-refractivity contribution in [2.45, 2.75) is 28.2 Å². The van der Waals surface area contributed by atoms with Crippen molar-refractivity contribution in [2.75, 3.05) is 12.4 Å². The Bertz CT molecular complexity index is 659. The molecule has 1 aromatic heterocycles. The minimum Gasteiger partial charge on any atom is -0.352 e. The number of amides is 1. The van der Waals surface area contributed by atoms with Crippen molar-refractivity contribution >= 4 is 29.4 Å². The molecule has 0 aliphatic carbocycles. The maximum atomic E-state index is 11.9. The molecule has 0 unspecified atom stereocenters. The lowest BCUT2D eigenvalue weighted by Crippen LogP contribution is -2.31. The first kappa shape index (κ1) is 17.4. The van der Waals surface area contributed by atoms with Crippen LogP contribution in [0.4, 0.5) is 0 Å². The van der Waals surface area contributed by atoms with Gasteiger partial charge in [0.2, 0.25) is 16.2 Å². The van der Waals surface area contributed by atoms with Crippen molar-refractivity contribution in [3.05, 3.63) is 48.6 Å². The predicted octanol–water partition coefficient (Wildman–Crippen LogP) is 2.07. The lowest BCUT2D eigenvalue weighted by Gasteiger charge is -2.10. The standard InChI is InChI=1S/C15H19N5OS2/c1-3-9-17-13(21)11(2)23-15-19-18-14(20(15)16)22-10-12-7-5-4-6-8-12/h3-8,11H,1,9-10,16H2,2H3,(H,17,21)/t11-/m0/s1. The maximum absolute atomic E-state index is 11.9. The van der Waals surface area contributed by atoms with E-state index in [1.165, 1.54) is 33.8 Å². The third-order valence-corrected chi connectivity index (χ3v) is 4.99. The molecule has 8 heteroatoms. The monoisotopic (exact) mass is 349 g/mol. The summed E-state index contributed by atoms with van der Waals surface area (Å²) in [6.07, 6.45) is 1.64. The molecule has 0 fully saturated rings. The molecule has 2 aromatic rings. The summed E-state index contributed by atoms with van der Waals surface area (Å²) in [5.74, 6) is 6.69. The van der Waals surface area contributed by atoms with Crippen LogP contribution in [0.2, 0.25) is 0 Å². The van der Waals surface area contributed by atoms with Gasteiger partial charge in [0, 0.05) is 12.3 Å². The first-order chi connectivity index (χ1) is 11.1. The highest BCUT2D eigenvalue weighted by molar-refractivity contribution is 8.00. The van der Waals surface area contributed by atoms with E-state index < -0.39 is 0 Å². The normalized spacial score (nSPS) is 11.9. The highest BCUT2D eigenvalue weighted by Gasteiger charge is 2.19. The second-order valence-corrected chi connectivity index (χ2v) is 6.95. The summed E-state index contributed by atoms with van der Waals surface area (Å²) in [7, 11) is 0. The number of carbonyl (C=O) groups is 1. The molecule has 0 saturated carbocycles. The lowest BCUT2D eigenvalue weighted by molar-refractivity contribution is -0.120. The Morgan fingerprint density at radius 3 is 2.78 bits per heavy atom. The average Bonchev–Trinajstić information content (AvgIpc) is 2.91. The van der Waals surface area contributed by atoms with E-state index in [1.54, 1.807) is 13.0 Å². The molecule has 1 atom stereocenters. The summed E-state index contributed by atoms with van der Waals surface area (Å²) in [5.41, 5.74) is 1.19. The molecule has 1 heterocycles. The first-order valence-corrected chi connectivity index (χ1v) is 8.90. The van der Waals surface area contributed by atoms with Crippen molar-refractivity contribution in [3.8, 4) is 0 Å². The smallest absolute Gasteiger partial charge is 0.233 e. The topological polar surface area (TPSA) is 85.8 Å². The van der Waals surface area contributed by atoms with E-state index in [9.17, 15) is 4.79 Å². The van der Waals surface area contributed by atoms with Gasteiger partial charge in [0.15, 0.2) is 0 Å². The molecule has 1 amide bonds. The van der Waals surface area contributed by atoms with Gasteiger partial charge in [-0.15, -0.1) is 16.8 Å². The molecule has 0 spiro atoms. The van der Waals surface area contributed by atoms with Gasteiger partial charge in [-0.05, 0) is 12.5 Å². The zero-order chi connectivity index (χ0) is 16.7. The van der Waals surface area contributed by atoms with Gasteiger partial charge in [0.25, 0.3) is 0 Å². The largest absolute Gasteiger partial charge is 0.352 e. The summed E-state index contributed by atoms with van der Waals surface area (Å²) in [6.45, 7) is 5.81. The Morgan fingerprint density at radius 1 is 1.39 bits per heavy atom. The number of hydrogen-bond donors (Lipinski definition) is 2. The van der Waals surface area contributed by atoms with E-state index in [0.717, 1.165) is 5.75 Å². The fourth-order valence-electron chi connectivity index (χ4n) is 1.69. The van der Waals surface area contributed by atoms with Crippen LogP contribution in [0.5, 0.6) is 0 Å². The highest BCUT2D eigenvalue weighted by Crippen LogP contribution is 2.26. The van der Waals surface area contributed by atoms with Crippen LogP contribution in [0.3, 0.4) is 0 Å². The fourth-order valence-corrected chi connectivity index (χ4v) is 3.36. The van der Waals surface area contributed by atoms with E-state index in [1.807, 2.05) is 30.3 Å². The molecule has 1 aromatic carbocycles. The number of hydrogen-bond acceptors (Lipinski definition) is 6. The van der Waals surface area contributed by atoms with E-state index in [0.29, 0.717) is 16.9 Å². The van der Waals surface area contributed by atoms with Gasteiger partial charge in [-0.25, -0.2) is 4.68 Å². The van der Waals surface area contributed by atoms with Gasteiger partial charge >= 0.3 is 0 Å². The predicted molar refractivity (Wildman–Crippen MR) is 94.7 cm³/mol. The number of thioether (sulfide) groups is 2. The molecule has 0 radical (unpaired) electrons. The van der Waals surface area contributed by atoms with Gasteiger partial charge in [-0.1, -0.05) is 59.9 Å². The van der Waals surface area contributed by atoms with Gasteiger partial charge in [-0.2, -0.15) is 0 Å². The van der Waals surface area contributed by atoms with Crippen LogP contribution in [0.15, 0.2) is 53.3 Å². The van der Waals surface area contributed by atoms with Gasteiger partial charge < -0.3 is 11.2 Å². The van der Waals surface area contributed by atoms with E-state index >= 15 is 0 Å². The maximum Gasteiger partial charge on any atom is 0.233 e. The Kier molecular flexibility index (Phi) is 6.54. The first-order valence-electron chi connectivity index (χ1n) is 7.04. The summed E-state index contributed by atoms with van der Waals surface area (Å²) in [4.78, 5) is 11.9. The number of aromatic nitrogens is 3. The SMILES string of the molecule is C=CCNC(=O)[C@H](C)Sc1nnc(SCc2ccccc2)n1N. The number of nitrogen functional groups attached to an aromatic ring is 1. The van der Waals surface area contributed by atoms with Crippen LogP contribution in [-0.2, 0) is 10.5 Å². The van der Waals surface area contributed by atoms with Crippen LogP contribution >= 0.6 is 23.5 Å². The summed E-state index contributed by atoms with van der Waals surface area (Å²) in [6, 6.07) is 10.1. The highest BCUT2D eigenvalue weighted by atomic mass is 32.2. The van der Waals surface area contributed by atoms with E-state index in [-0.39, 0.29) is 11.2 Å². The fraction of sp³-hybridized carbons (Fsp3) is 0.267. The van der Waals surface area contributed by atoms with Crippen LogP contribution in [-0.4, -0.2) is 32.6 Å². The van der Waals surface area contributed by atoms with Crippen molar-refractivity contribution in [3.63, 3.8) is 0 Å². The Hall–Kier alpha value is -1.93. The summed E-state index contributed by atoms with van der Waals surface area (Å²) >= 11 is 2.78.